The summed E-state index contributed by atoms with van der Waals surface area (Å²) in [5.74, 6) is -0.300. The van der Waals surface area contributed by atoms with Crippen LogP contribution in [0.3, 0.4) is 0 Å². The van der Waals surface area contributed by atoms with Crippen molar-refractivity contribution in [3.05, 3.63) is 29.3 Å². The first-order chi connectivity index (χ1) is 9.40. The standard InChI is InChI=1S/C15H21NO4/c1-11-6-7-12(2)13(9-11)20-10-14(17)16(3)8-4-5-15(18)19/h6-7,9H,4-5,8,10H2,1-3H3,(H,18,19). The van der Waals surface area contributed by atoms with Crippen LogP contribution in [0.5, 0.6) is 5.75 Å². The third kappa shape index (κ3) is 5.30. The number of hydrogen-bond donors (Lipinski definition) is 1. The molecule has 110 valence electrons. The van der Waals surface area contributed by atoms with Crippen LogP contribution in [-0.4, -0.2) is 42.1 Å². The number of aliphatic carboxylic acids is 1. The number of nitrogens with zero attached hydrogens (tertiary/aromatic N) is 1. The van der Waals surface area contributed by atoms with Crippen LogP contribution < -0.4 is 4.74 Å². The van der Waals surface area contributed by atoms with Gasteiger partial charge in [-0.25, -0.2) is 0 Å². The molecule has 0 aliphatic rings. The van der Waals surface area contributed by atoms with Gasteiger partial charge in [0, 0.05) is 20.0 Å². The maximum absolute atomic E-state index is 11.8. The molecule has 1 aromatic rings. The minimum absolute atomic E-state index is 0.0339. The molecular formula is C15H21NO4. The lowest BCUT2D eigenvalue weighted by molar-refractivity contribution is -0.138. The van der Waals surface area contributed by atoms with Gasteiger partial charge in [-0.3, -0.25) is 9.59 Å². The second-order valence-electron chi connectivity index (χ2n) is 4.87. The van der Waals surface area contributed by atoms with Crippen LogP contribution in [0.15, 0.2) is 18.2 Å². The average molecular weight is 279 g/mol. The first-order valence-corrected chi connectivity index (χ1v) is 6.56. The molecule has 1 amide bonds. The van der Waals surface area contributed by atoms with Crippen LogP contribution in [0.4, 0.5) is 0 Å². The number of carbonyl (C=O) groups is 2. The Morgan fingerprint density at radius 3 is 2.65 bits per heavy atom. The van der Waals surface area contributed by atoms with Crippen molar-refractivity contribution in [3.8, 4) is 5.75 Å². The highest BCUT2D eigenvalue weighted by molar-refractivity contribution is 5.77. The SMILES string of the molecule is Cc1ccc(C)c(OCC(=O)N(C)CCCC(=O)O)c1. The molecule has 1 N–H and O–H groups in total. The number of aryl methyl sites for hydroxylation is 2. The van der Waals surface area contributed by atoms with Crippen LogP contribution >= 0.6 is 0 Å². The predicted octanol–water partition coefficient (Wildman–Crippen LogP) is 2.01. The lowest BCUT2D eigenvalue weighted by atomic mass is 10.1. The number of hydrogen-bond acceptors (Lipinski definition) is 3. The van der Waals surface area contributed by atoms with Gasteiger partial charge in [0.25, 0.3) is 5.91 Å². The molecule has 0 spiro atoms. The number of benzene rings is 1. The molecule has 1 aromatic carbocycles. The fourth-order valence-corrected chi connectivity index (χ4v) is 1.70. The number of amides is 1. The van der Waals surface area contributed by atoms with Gasteiger partial charge in [0.15, 0.2) is 6.61 Å². The summed E-state index contributed by atoms with van der Waals surface area (Å²) in [5.41, 5.74) is 2.06. The Bertz CT molecular complexity index is 485. The fourth-order valence-electron chi connectivity index (χ4n) is 1.70. The van der Waals surface area contributed by atoms with E-state index in [1.165, 1.54) is 4.90 Å². The molecule has 0 aliphatic heterocycles. The van der Waals surface area contributed by atoms with Crippen molar-refractivity contribution in [2.24, 2.45) is 0 Å². The third-order valence-corrected chi connectivity index (χ3v) is 3.00. The van der Waals surface area contributed by atoms with E-state index in [1.54, 1.807) is 7.05 Å². The second kappa shape index (κ2) is 7.53. The summed E-state index contributed by atoms with van der Waals surface area (Å²) in [6.45, 7) is 4.27. The van der Waals surface area contributed by atoms with Crippen molar-refractivity contribution in [3.63, 3.8) is 0 Å². The summed E-state index contributed by atoms with van der Waals surface area (Å²) in [7, 11) is 1.65. The minimum atomic E-state index is -0.850. The Labute approximate surface area is 119 Å². The molecule has 0 saturated heterocycles. The van der Waals surface area contributed by atoms with Gasteiger partial charge in [-0.15, -0.1) is 0 Å². The number of likely N-dealkylation sites (N-methyl/N-ethyl adjacent to an activating group) is 1. The van der Waals surface area contributed by atoms with Gasteiger partial charge in [0.1, 0.15) is 5.75 Å². The Balaban J connectivity index is 2.42. The number of carbonyl (C=O) groups excluding carboxylic acids is 1. The van der Waals surface area contributed by atoms with Gasteiger partial charge >= 0.3 is 5.97 Å². The van der Waals surface area contributed by atoms with E-state index in [2.05, 4.69) is 0 Å². The minimum Gasteiger partial charge on any atom is -0.483 e. The summed E-state index contributed by atoms with van der Waals surface area (Å²) >= 11 is 0. The predicted molar refractivity (Wildman–Crippen MR) is 75.9 cm³/mol. The molecule has 0 radical (unpaired) electrons. The normalized spacial score (nSPS) is 10.2. The lowest BCUT2D eigenvalue weighted by Gasteiger charge is -2.17. The fraction of sp³-hybridized carbons (Fsp3) is 0.467. The summed E-state index contributed by atoms with van der Waals surface area (Å²) in [5, 5.41) is 8.55. The zero-order chi connectivity index (χ0) is 15.1. The molecule has 0 aliphatic carbocycles. The topological polar surface area (TPSA) is 66.8 Å². The molecule has 0 heterocycles. The molecule has 0 bridgehead atoms. The van der Waals surface area contributed by atoms with Crippen LogP contribution in [0.1, 0.15) is 24.0 Å². The number of ether oxygens (including phenoxy) is 1. The van der Waals surface area contributed by atoms with Crippen LogP contribution in [-0.2, 0) is 9.59 Å². The Morgan fingerprint density at radius 1 is 1.30 bits per heavy atom. The summed E-state index contributed by atoms with van der Waals surface area (Å²) in [6.07, 6.45) is 0.510. The van der Waals surface area contributed by atoms with Gasteiger partial charge in [0.05, 0.1) is 0 Å². The lowest BCUT2D eigenvalue weighted by Crippen LogP contribution is -2.32. The molecule has 5 nitrogen and oxygen atoms in total. The van der Waals surface area contributed by atoms with Crippen molar-refractivity contribution in [2.45, 2.75) is 26.7 Å². The van der Waals surface area contributed by atoms with Crippen molar-refractivity contribution in [1.82, 2.24) is 4.90 Å². The van der Waals surface area contributed by atoms with Crippen molar-refractivity contribution >= 4 is 11.9 Å². The number of carboxylic acid groups (broad SMARTS) is 1. The molecule has 20 heavy (non-hydrogen) atoms. The average Bonchev–Trinajstić information content (AvgIpc) is 2.38. The maximum Gasteiger partial charge on any atom is 0.303 e. The maximum atomic E-state index is 11.8. The Morgan fingerprint density at radius 2 is 2.00 bits per heavy atom. The van der Waals surface area contributed by atoms with Crippen molar-refractivity contribution < 1.29 is 19.4 Å². The molecule has 5 heteroatoms. The molecule has 0 unspecified atom stereocenters. The van der Waals surface area contributed by atoms with E-state index in [-0.39, 0.29) is 18.9 Å². The first kappa shape index (κ1) is 16.0. The van der Waals surface area contributed by atoms with Crippen LogP contribution in [0, 0.1) is 13.8 Å². The van der Waals surface area contributed by atoms with E-state index in [9.17, 15) is 9.59 Å². The summed E-state index contributed by atoms with van der Waals surface area (Å²) in [4.78, 5) is 23.7. The molecule has 0 fully saturated rings. The van der Waals surface area contributed by atoms with Gasteiger partial charge in [0.2, 0.25) is 0 Å². The highest BCUT2D eigenvalue weighted by Crippen LogP contribution is 2.18. The molecule has 0 aromatic heterocycles. The molecule has 0 saturated carbocycles. The quantitative estimate of drug-likeness (QED) is 0.829. The zero-order valence-corrected chi connectivity index (χ0v) is 12.2. The third-order valence-electron chi connectivity index (χ3n) is 3.00. The van der Waals surface area contributed by atoms with Gasteiger partial charge in [-0.2, -0.15) is 0 Å². The number of carboxylic acids is 1. The van der Waals surface area contributed by atoms with Crippen molar-refractivity contribution in [1.29, 1.82) is 0 Å². The van der Waals surface area contributed by atoms with Gasteiger partial charge in [-0.1, -0.05) is 12.1 Å². The van der Waals surface area contributed by atoms with E-state index in [4.69, 9.17) is 9.84 Å². The second-order valence-corrected chi connectivity index (χ2v) is 4.87. The van der Waals surface area contributed by atoms with Crippen molar-refractivity contribution in [2.75, 3.05) is 20.2 Å². The van der Waals surface area contributed by atoms with E-state index in [1.807, 2.05) is 32.0 Å². The highest BCUT2D eigenvalue weighted by Gasteiger charge is 2.11. The van der Waals surface area contributed by atoms with Gasteiger partial charge in [-0.05, 0) is 37.5 Å². The van der Waals surface area contributed by atoms with E-state index < -0.39 is 5.97 Å². The first-order valence-electron chi connectivity index (χ1n) is 6.56. The summed E-state index contributed by atoms with van der Waals surface area (Å²) in [6, 6.07) is 5.83. The highest BCUT2D eigenvalue weighted by atomic mass is 16.5. The summed E-state index contributed by atoms with van der Waals surface area (Å²) < 4.78 is 5.52. The molecular weight excluding hydrogens is 258 g/mol. The van der Waals surface area contributed by atoms with E-state index in [0.717, 1.165) is 11.1 Å². The largest absolute Gasteiger partial charge is 0.483 e. The Kier molecular flexibility index (Phi) is 6.03. The van der Waals surface area contributed by atoms with Gasteiger partial charge < -0.3 is 14.7 Å². The smallest absolute Gasteiger partial charge is 0.303 e. The van der Waals surface area contributed by atoms with Crippen LogP contribution in [0.25, 0.3) is 0 Å². The van der Waals surface area contributed by atoms with Crippen LogP contribution in [0.2, 0.25) is 0 Å². The molecule has 1 rings (SSSR count). The monoisotopic (exact) mass is 279 g/mol. The van der Waals surface area contributed by atoms with E-state index in [0.29, 0.717) is 18.7 Å². The Hall–Kier alpha value is -2.04. The number of rotatable bonds is 7. The molecule has 0 atom stereocenters. The van der Waals surface area contributed by atoms with E-state index >= 15 is 0 Å². The zero-order valence-electron chi connectivity index (χ0n) is 12.2.